The molecule has 1 amide bonds. The molecule has 1 aliphatic carbocycles. The van der Waals surface area contributed by atoms with E-state index in [1.165, 1.54) is 25.7 Å². The lowest BCUT2D eigenvalue weighted by molar-refractivity contribution is 0.0945. The molecule has 114 valence electrons. The minimum atomic E-state index is 0.00863. The van der Waals surface area contributed by atoms with Crippen molar-refractivity contribution in [1.82, 2.24) is 10.6 Å². The van der Waals surface area contributed by atoms with Crippen molar-refractivity contribution in [2.45, 2.75) is 25.7 Å². The Balaban J connectivity index is 1.44. The van der Waals surface area contributed by atoms with Gasteiger partial charge in [0.25, 0.3) is 5.91 Å². The van der Waals surface area contributed by atoms with Gasteiger partial charge in [0, 0.05) is 12.1 Å². The summed E-state index contributed by atoms with van der Waals surface area (Å²) in [5, 5.41) is 6.39. The van der Waals surface area contributed by atoms with Crippen molar-refractivity contribution in [3.8, 4) is 5.75 Å². The van der Waals surface area contributed by atoms with Crippen molar-refractivity contribution in [2.75, 3.05) is 26.2 Å². The van der Waals surface area contributed by atoms with Crippen molar-refractivity contribution in [1.29, 1.82) is 0 Å². The number of benzene rings is 1. The monoisotopic (exact) mass is 288 g/mol. The van der Waals surface area contributed by atoms with Gasteiger partial charge in [-0.15, -0.1) is 0 Å². The van der Waals surface area contributed by atoms with Gasteiger partial charge >= 0.3 is 0 Å². The largest absolute Gasteiger partial charge is 0.493 e. The van der Waals surface area contributed by atoms with Gasteiger partial charge in [-0.2, -0.15) is 0 Å². The molecule has 2 fully saturated rings. The number of amides is 1. The summed E-state index contributed by atoms with van der Waals surface area (Å²) in [6.07, 6.45) is 4.97. The quantitative estimate of drug-likeness (QED) is 0.844. The van der Waals surface area contributed by atoms with Gasteiger partial charge in [-0.05, 0) is 74.9 Å². The lowest BCUT2D eigenvalue weighted by Crippen LogP contribution is -2.38. The number of nitrogens with one attached hydrogen (secondary N) is 2. The molecule has 4 nitrogen and oxygen atoms in total. The normalized spacial score (nSPS) is 21.8. The fraction of sp³-hybridized carbons (Fsp3) is 0.588. The summed E-state index contributed by atoms with van der Waals surface area (Å²) in [5.41, 5.74) is 0.706. The molecule has 1 aromatic rings. The van der Waals surface area contributed by atoms with Gasteiger partial charge < -0.3 is 15.4 Å². The number of carbonyl (C=O) groups excluding carboxylic acids is 1. The molecule has 1 heterocycles. The van der Waals surface area contributed by atoms with Crippen LogP contribution in [0.4, 0.5) is 0 Å². The molecule has 1 atom stereocenters. The Bertz CT molecular complexity index is 462. The van der Waals surface area contributed by atoms with E-state index < -0.39 is 0 Å². The van der Waals surface area contributed by atoms with Gasteiger partial charge in [0.1, 0.15) is 5.75 Å². The fourth-order valence-corrected chi connectivity index (χ4v) is 2.64. The van der Waals surface area contributed by atoms with E-state index in [1.807, 2.05) is 24.3 Å². The Kier molecular flexibility index (Phi) is 4.76. The summed E-state index contributed by atoms with van der Waals surface area (Å²) in [7, 11) is 0. The van der Waals surface area contributed by atoms with Crippen molar-refractivity contribution >= 4 is 5.91 Å². The van der Waals surface area contributed by atoms with Crippen molar-refractivity contribution in [3.05, 3.63) is 29.8 Å². The fourth-order valence-electron chi connectivity index (χ4n) is 2.64. The maximum atomic E-state index is 12.1. The molecule has 3 rings (SSSR count). The molecule has 1 aromatic carbocycles. The molecule has 2 N–H and O–H groups in total. The first kappa shape index (κ1) is 14.4. The second kappa shape index (κ2) is 6.94. The minimum absolute atomic E-state index is 0.00863. The van der Waals surface area contributed by atoms with Gasteiger partial charge in [0.05, 0.1) is 6.61 Å². The summed E-state index contributed by atoms with van der Waals surface area (Å²) < 4.78 is 5.68. The lowest BCUT2D eigenvalue weighted by Gasteiger charge is -2.22. The molecule has 0 spiro atoms. The van der Waals surface area contributed by atoms with E-state index in [-0.39, 0.29) is 5.91 Å². The Morgan fingerprint density at radius 1 is 1.19 bits per heavy atom. The SMILES string of the molecule is O=C(NCC1CCCNC1)c1ccc(OCC2CC2)cc1. The standard InChI is InChI=1S/C17H24N2O2/c20-17(19-11-14-2-1-9-18-10-14)15-5-7-16(8-6-15)21-12-13-3-4-13/h5-8,13-14,18H,1-4,9-12H2,(H,19,20). The summed E-state index contributed by atoms with van der Waals surface area (Å²) in [4.78, 5) is 12.1. The van der Waals surface area contributed by atoms with Gasteiger partial charge in [-0.3, -0.25) is 4.79 Å². The van der Waals surface area contributed by atoms with Crippen LogP contribution in [-0.4, -0.2) is 32.1 Å². The number of piperidine rings is 1. The highest BCUT2D eigenvalue weighted by atomic mass is 16.5. The maximum Gasteiger partial charge on any atom is 0.251 e. The Labute approximate surface area is 126 Å². The minimum Gasteiger partial charge on any atom is -0.493 e. The number of rotatable bonds is 6. The predicted octanol–water partition coefficient (Wildman–Crippen LogP) is 2.20. The van der Waals surface area contributed by atoms with Crippen LogP contribution in [0, 0.1) is 11.8 Å². The van der Waals surface area contributed by atoms with Crippen molar-refractivity contribution in [3.63, 3.8) is 0 Å². The van der Waals surface area contributed by atoms with Crippen molar-refractivity contribution in [2.24, 2.45) is 11.8 Å². The highest BCUT2D eigenvalue weighted by molar-refractivity contribution is 5.94. The van der Waals surface area contributed by atoms with Crippen LogP contribution in [0.5, 0.6) is 5.75 Å². The smallest absolute Gasteiger partial charge is 0.251 e. The topological polar surface area (TPSA) is 50.4 Å². The van der Waals surface area contributed by atoms with E-state index in [9.17, 15) is 4.79 Å². The molecule has 0 aromatic heterocycles. The molecule has 21 heavy (non-hydrogen) atoms. The zero-order chi connectivity index (χ0) is 14.5. The van der Waals surface area contributed by atoms with E-state index in [1.54, 1.807) is 0 Å². The second-order valence-corrected chi connectivity index (χ2v) is 6.20. The zero-order valence-corrected chi connectivity index (χ0v) is 12.4. The van der Waals surface area contributed by atoms with Crippen LogP contribution in [0.1, 0.15) is 36.0 Å². The average Bonchev–Trinajstić information content (AvgIpc) is 3.36. The van der Waals surface area contributed by atoms with Crippen molar-refractivity contribution < 1.29 is 9.53 Å². The second-order valence-electron chi connectivity index (χ2n) is 6.20. The first-order valence-electron chi connectivity index (χ1n) is 8.03. The third kappa shape index (κ3) is 4.46. The summed E-state index contributed by atoms with van der Waals surface area (Å²) >= 11 is 0. The molecule has 1 saturated carbocycles. The summed E-state index contributed by atoms with van der Waals surface area (Å²) in [5.74, 6) is 2.17. The highest BCUT2D eigenvalue weighted by Gasteiger charge is 2.21. The van der Waals surface area contributed by atoms with Gasteiger partial charge in [-0.25, -0.2) is 0 Å². The summed E-state index contributed by atoms with van der Waals surface area (Å²) in [6, 6.07) is 7.46. The number of hydrogen-bond acceptors (Lipinski definition) is 3. The van der Waals surface area contributed by atoms with Crippen LogP contribution >= 0.6 is 0 Å². The van der Waals surface area contributed by atoms with E-state index in [4.69, 9.17) is 4.74 Å². The predicted molar refractivity (Wildman–Crippen MR) is 82.6 cm³/mol. The molecule has 1 aliphatic heterocycles. The molecule has 2 aliphatic rings. The zero-order valence-electron chi connectivity index (χ0n) is 12.4. The van der Waals surface area contributed by atoms with Gasteiger partial charge in [-0.1, -0.05) is 0 Å². The van der Waals surface area contributed by atoms with Crippen LogP contribution in [0.2, 0.25) is 0 Å². The number of ether oxygens (including phenoxy) is 1. The maximum absolute atomic E-state index is 12.1. The lowest BCUT2D eigenvalue weighted by atomic mass is 10.00. The van der Waals surface area contributed by atoms with Gasteiger partial charge in [0.15, 0.2) is 0 Å². The molecule has 1 unspecified atom stereocenters. The number of carbonyl (C=O) groups is 1. The van der Waals surface area contributed by atoms with Crippen LogP contribution in [-0.2, 0) is 0 Å². The number of hydrogen-bond donors (Lipinski definition) is 2. The average molecular weight is 288 g/mol. The van der Waals surface area contributed by atoms with E-state index >= 15 is 0 Å². The van der Waals surface area contributed by atoms with Crippen LogP contribution in [0.3, 0.4) is 0 Å². The highest BCUT2D eigenvalue weighted by Crippen LogP contribution is 2.29. The van der Waals surface area contributed by atoms with Crippen LogP contribution in [0.25, 0.3) is 0 Å². The molecule has 1 saturated heterocycles. The van der Waals surface area contributed by atoms with Gasteiger partial charge in [0.2, 0.25) is 0 Å². The molecule has 0 radical (unpaired) electrons. The molecule has 0 bridgehead atoms. The van der Waals surface area contributed by atoms with E-state index in [0.29, 0.717) is 11.5 Å². The van der Waals surface area contributed by atoms with E-state index in [2.05, 4.69) is 10.6 Å². The third-order valence-electron chi connectivity index (χ3n) is 4.25. The molecule has 4 heteroatoms. The Morgan fingerprint density at radius 3 is 2.67 bits per heavy atom. The summed E-state index contributed by atoms with van der Waals surface area (Å²) in [6.45, 7) is 3.67. The first-order chi connectivity index (χ1) is 10.3. The Morgan fingerprint density at radius 2 is 2.00 bits per heavy atom. The molecular formula is C17H24N2O2. The van der Waals surface area contributed by atoms with Crippen LogP contribution in [0.15, 0.2) is 24.3 Å². The third-order valence-corrected chi connectivity index (χ3v) is 4.25. The molecular weight excluding hydrogens is 264 g/mol. The first-order valence-corrected chi connectivity index (χ1v) is 8.03. The Hall–Kier alpha value is -1.55. The van der Waals surface area contributed by atoms with E-state index in [0.717, 1.165) is 37.9 Å². The van der Waals surface area contributed by atoms with Crippen LogP contribution < -0.4 is 15.4 Å².